The second kappa shape index (κ2) is 9.75. The van der Waals surface area contributed by atoms with Gasteiger partial charge in [-0.1, -0.05) is 30.3 Å². The van der Waals surface area contributed by atoms with Gasteiger partial charge in [0.1, 0.15) is 11.9 Å². The van der Waals surface area contributed by atoms with Crippen LogP contribution in [-0.2, 0) is 16.0 Å². The number of fused-ring (bicyclic) bond motifs is 1. The average Bonchev–Trinajstić information content (AvgIpc) is 2.83. The SMILES string of the molecule is CC(=O)N1c2ccc(-c3ccc(CCC(=O)O)cc3)cc2C(Nc2ccc(C#N)cn2)CC1C. The molecule has 0 bridgehead atoms. The van der Waals surface area contributed by atoms with Crippen molar-refractivity contribution in [1.82, 2.24) is 4.98 Å². The van der Waals surface area contributed by atoms with Gasteiger partial charge in [0.2, 0.25) is 5.91 Å². The molecule has 0 fully saturated rings. The number of nitrogens with one attached hydrogen (secondary N) is 1. The van der Waals surface area contributed by atoms with Crippen LogP contribution in [0.1, 0.15) is 49.4 Å². The number of carbonyl (C=O) groups is 2. The summed E-state index contributed by atoms with van der Waals surface area (Å²) in [6, 6.07) is 19.6. The number of carbonyl (C=O) groups excluding carboxylic acids is 1. The highest BCUT2D eigenvalue weighted by molar-refractivity contribution is 5.94. The molecule has 7 nitrogen and oxygen atoms in total. The number of carboxylic acids is 1. The van der Waals surface area contributed by atoms with E-state index in [-0.39, 0.29) is 24.4 Å². The Morgan fingerprint density at radius 1 is 1.15 bits per heavy atom. The van der Waals surface area contributed by atoms with Crippen LogP contribution in [0.3, 0.4) is 0 Å². The first kappa shape index (κ1) is 23.0. The van der Waals surface area contributed by atoms with Crippen molar-refractivity contribution >= 4 is 23.4 Å². The highest BCUT2D eigenvalue weighted by Crippen LogP contribution is 2.41. The van der Waals surface area contributed by atoms with Gasteiger partial charge < -0.3 is 15.3 Å². The number of carboxylic acid groups (broad SMARTS) is 1. The van der Waals surface area contributed by atoms with Crippen LogP contribution in [0.5, 0.6) is 0 Å². The zero-order valence-corrected chi connectivity index (χ0v) is 19.2. The number of aliphatic carboxylic acids is 1. The first-order chi connectivity index (χ1) is 16.4. The smallest absolute Gasteiger partial charge is 0.303 e. The fraction of sp³-hybridized carbons (Fsp3) is 0.259. The molecule has 1 aromatic heterocycles. The summed E-state index contributed by atoms with van der Waals surface area (Å²) in [6.45, 7) is 3.62. The predicted octanol–water partition coefficient (Wildman–Crippen LogP) is 4.94. The van der Waals surface area contributed by atoms with Crippen LogP contribution in [0.15, 0.2) is 60.8 Å². The summed E-state index contributed by atoms with van der Waals surface area (Å²) >= 11 is 0. The minimum Gasteiger partial charge on any atom is -0.481 e. The van der Waals surface area contributed by atoms with E-state index in [0.717, 1.165) is 27.9 Å². The summed E-state index contributed by atoms with van der Waals surface area (Å²) in [5.74, 6) is -0.135. The van der Waals surface area contributed by atoms with Crippen LogP contribution >= 0.6 is 0 Å². The summed E-state index contributed by atoms with van der Waals surface area (Å²) in [7, 11) is 0. The number of anilines is 2. The third-order valence-electron chi connectivity index (χ3n) is 6.15. The number of hydrogen-bond acceptors (Lipinski definition) is 5. The first-order valence-electron chi connectivity index (χ1n) is 11.2. The molecule has 2 unspecified atom stereocenters. The van der Waals surface area contributed by atoms with Crippen LogP contribution in [0.25, 0.3) is 11.1 Å². The summed E-state index contributed by atoms with van der Waals surface area (Å²) < 4.78 is 0. The van der Waals surface area contributed by atoms with Crippen LogP contribution in [0.2, 0.25) is 0 Å². The number of amides is 1. The van der Waals surface area contributed by atoms with Gasteiger partial charge in [-0.15, -0.1) is 0 Å². The molecule has 172 valence electrons. The second-order valence-electron chi connectivity index (χ2n) is 8.58. The number of pyridine rings is 1. The minimum atomic E-state index is -0.807. The monoisotopic (exact) mass is 454 g/mol. The van der Waals surface area contributed by atoms with E-state index in [2.05, 4.69) is 22.4 Å². The predicted molar refractivity (Wildman–Crippen MR) is 130 cm³/mol. The van der Waals surface area contributed by atoms with E-state index >= 15 is 0 Å². The van der Waals surface area contributed by atoms with Crippen LogP contribution in [0, 0.1) is 11.3 Å². The lowest BCUT2D eigenvalue weighted by Gasteiger charge is -2.39. The molecule has 4 rings (SSSR count). The molecule has 2 N–H and O–H groups in total. The number of rotatable bonds is 6. The topological polar surface area (TPSA) is 106 Å². The molecule has 1 amide bonds. The van der Waals surface area contributed by atoms with Gasteiger partial charge in [-0.25, -0.2) is 4.98 Å². The average molecular weight is 455 g/mol. The van der Waals surface area contributed by atoms with E-state index in [1.165, 1.54) is 0 Å². The first-order valence-corrected chi connectivity index (χ1v) is 11.2. The fourth-order valence-electron chi connectivity index (χ4n) is 4.50. The zero-order valence-electron chi connectivity index (χ0n) is 19.2. The van der Waals surface area contributed by atoms with E-state index in [1.54, 1.807) is 25.3 Å². The molecule has 0 radical (unpaired) electrons. The van der Waals surface area contributed by atoms with Gasteiger partial charge in [-0.05, 0) is 66.3 Å². The Labute approximate surface area is 198 Å². The largest absolute Gasteiger partial charge is 0.481 e. The maximum absolute atomic E-state index is 12.4. The molecule has 2 atom stereocenters. The van der Waals surface area contributed by atoms with E-state index in [9.17, 15) is 9.59 Å². The van der Waals surface area contributed by atoms with Crippen molar-refractivity contribution in [2.24, 2.45) is 0 Å². The highest BCUT2D eigenvalue weighted by atomic mass is 16.4. The van der Waals surface area contributed by atoms with Crippen molar-refractivity contribution in [2.75, 3.05) is 10.2 Å². The molecule has 2 heterocycles. The minimum absolute atomic E-state index is 0.000712. The van der Waals surface area contributed by atoms with Gasteiger partial charge in [0.15, 0.2) is 0 Å². The summed E-state index contributed by atoms with van der Waals surface area (Å²) in [5, 5.41) is 21.4. The van der Waals surface area contributed by atoms with Crippen molar-refractivity contribution < 1.29 is 14.7 Å². The number of nitrogens with zero attached hydrogens (tertiary/aromatic N) is 3. The number of aryl methyl sites for hydroxylation is 1. The molecule has 2 aromatic carbocycles. The molecule has 1 aliphatic heterocycles. The van der Waals surface area contributed by atoms with Crippen molar-refractivity contribution in [3.63, 3.8) is 0 Å². The second-order valence-corrected chi connectivity index (χ2v) is 8.58. The summed E-state index contributed by atoms with van der Waals surface area (Å²) in [4.78, 5) is 29.5. The molecule has 0 aliphatic carbocycles. The molecular weight excluding hydrogens is 428 g/mol. The van der Waals surface area contributed by atoms with Crippen molar-refractivity contribution in [1.29, 1.82) is 5.26 Å². The van der Waals surface area contributed by atoms with E-state index in [1.807, 2.05) is 48.2 Å². The van der Waals surface area contributed by atoms with Crippen molar-refractivity contribution in [3.8, 4) is 17.2 Å². The maximum Gasteiger partial charge on any atom is 0.303 e. The quantitative estimate of drug-likeness (QED) is 0.547. The van der Waals surface area contributed by atoms with Crippen molar-refractivity contribution in [3.05, 3.63) is 77.5 Å². The Hall–Kier alpha value is -4.18. The number of benzene rings is 2. The Morgan fingerprint density at radius 3 is 2.50 bits per heavy atom. The molecule has 7 heteroatoms. The molecule has 0 saturated heterocycles. The van der Waals surface area contributed by atoms with Gasteiger partial charge in [0, 0.05) is 31.3 Å². The molecule has 34 heavy (non-hydrogen) atoms. The summed E-state index contributed by atoms with van der Waals surface area (Å²) in [6.07, 6.45) is 2.86. The fourth-order valence-corrected chi connectivity index (χ4v) is 4.50. The Kier molecular flexibility index (Phi) is 6.60. The Morgan fingerprint density at radius 2 is 1.88 bits per heavy atom. The molecule has 0 saturated carbocycles. The van der Waals surface area contributed by atoms with Gasteiger partial charge in [-0.3, -0.25) is 9.59 Å². The highest BCUT2D eigenvalue weighted by Gasteiger charge is 2.32. The lowest BCUT2D eigenvalue weighted by atomic mass is 9.89. The molecular formula is C27H26N4O3. The number of nitriles is 1. The van der Waals surface area contributed by atoms with E-state index < -0.39 is 5.97 Å². The van der Waals surface area contributed by atoms with Crippen LogP contribution in [0.4, 0.5) is 11.5 Å². The standard InChI is InChI=1S/C27H26N4O3/c1-17-13-24(30-26-11-5-20(15-28)16-29-26)23-14-22(9-10-25(23)31(17)18(2)32)21-7-3-19(4-8-21)6-12-27(33)34/h3-5,7-11,14,16-17,24H,6,12-13H2,1-2H3,(H,29,30)(H,33,34). The van der Waals surface area contributed by atoms with Crippen molar-refractivity contribution in [2.45, 2.75) is 45.2 Å². The Balaban J connectivity index is 1.67. The summed E-state index contributed by atoms with van der Waals surface area (Å²) in [5.41, 5.74) is 5.39. The van der Waals surface area contributed by atoms with E-state index in [4.69, 9.17) is 10.4 Å². The third kappa shape index (κ3) is 4.91. The lowest BCUT2D eigenvalue weighted by Crippen LogP contribution is -2.43. The maximum atomic E-state index is 12.4. The lowest BCUT2D eigenvalue weighted by molar-refractivity contribution is -0.137. The Bertz CT molecular complexity index is 1250. The molecule has 1 aliphatic rings. The van der Waals surface area contributed by atoms with Gasteiger partial charge in [-0.2, -0.15) is 5.26 Å². The third-order valence-corrected chi connectivity index (χ3v) is 6.15. The molecule has 0 spiro atoms. The normalized spacial score (nSPS) is 16.9. The van der Waals surface area contributed by atoms with Gasteiger partial charge in [0.05, 0.1) is 11.6 Å². The van der Waals surface area contributed by atoms with E-state index in [0.29, 0.717) is 24.2 Å². The number of aromatic nitrogens is 1. The molecule has 3 aromatic rings. The number of hydrogen-bond donors (Lipinski definition) is 2. The van der Waals surface area contributed by atoms with Gasteiger partial charge in [0.25, 0.3) is 0 Å². The van der Waals surface area contributed by atoms with Crippen LogP contribution < -0.4 is 10.2 Å². The van der Waals surface area contributed by atoms with Gasteiger partial charge >= 0.3 is 5.97 Å². The zero-order chi connectivity index (χ0) is 24.2. The van der Waals surface area contributed by atoms with Crippen LogP contribution in [-0.4, -0.2) is 28.0 Å².